The van der Waals surface area contributed by atoms with Gasteiger partial charge in [0.25, 0.3) is 0 Å². The maximum absolute atomic E-state index is 12.9. The van der Waals surface area contributed by atoms with E-state index in [0.717, 1.165) is 18.4 Å². The average molecular weight is 314 g/mol. The van der Waals surface area contributed by atoms with Crippen molar-refractivity contribution in [2.45, 2.75) is 70.0 Å². The van der Waals surface area contributed by atoms with Crippen LogP contribution in [0.4, 0.5) is 0 Å². The summed E-state index contributed by atoms with van der Waals surface area (Å²) in [7, 11) is 0. The molecule has 1 saturated heterocycles. The molecule has 2 amide bonds. The number of hydrogen-bond donors (Lipinski definition) is 1. The molecule has 2 unspecified atom stereocenters. The molecule has 2 fully saturated rings. The van der Waals surface area contributed by atoms with Crippen LogP contribution in [0, 0.1) is 0 Å². The van der Waals surface area contributed by atoms with Crippen LogP contribution < -0.4 is 5.32 Å². The first-order chi connectivity index (χ1) is 11.0. The number of nitrogens with one attached hydrogen (secondary N) is 1. The van der Waals surface area contributed by atoms with Gasteiger partial charge in [0.15, 0.2) is 0 Å². The first-order valence-electron chi connectivity index (χ1n) is 8.70. The highest BCUT2D eigenvalue weighted by Gasteiger charge is 2.49. The largest absolute Gasteiger partial charge is 0.351 e. The lowest BCUT2D eigenvalue weighted by molar-refractivity contribution is -0.143. The number of hydrogen-bond acceptors (Lipinski definition) is 2. The zero-order valence-corrected chi connectivity index (χ0v) is 14.0. The van der Waals surface area contributed by atoms with E-state index in [4.69, 9.17) is 0 Å². The van der Waals surface area contributed by atoms with Crippen LogP contribution in [0.2, 0.25) is 0 Å². The van der Waals surface area contributed by atoms with Gasteiger partial charge in [-0.3, -0.25) is 9.59 Å². The van der Waals surface area contributed by atoms with Crippen LogP contribution in [0.25, 0.3) is 0 Å². The molecule has 4 heteroatoms. The molecule has 1 aliphatic heterocycles. The molecule has 3 rings (SSSR count). The molecule has 1 N–H and O–H groups in total. The van der Waals surface area contributed by atoms with Crippen LogP contribution in [0.3, 0.4) is 0 Å². The molecule has 1 aromatic rings. The zero-order chi connectivity index (χ0) is 16.4. The van der Waals surface area contributed by atoms with E-state index < -0.39 is 5.54 Å². The SMILES string of the molecule is CC(c1ccccc1)N1C(=O)CCC1(C)C(=O)NC1CCCC1. The van der Waals surface area contributed by atoms with Gasteiger partial charge in [-0.25, -0.2) is 0 Å². The molecule has 0 aromatic heterocycles. The average Bonchev–Trinajstić information content (AvgIpc) is 3.16. The Morgan fingerprint density at radius 3 is 2.57 bits per heavy atom. The van der Waals surface area contributed by atoms with Crippen LogP contribution in [0.5, 0.6) is 0 Å². The van der Waals surface area contributed by atoms with Crippen LogP contribution in [0.15, 0.2) is 30.3 Å². The van der Waals surface area contributed by atoms with E-state index in [1.807, 2.05) is 44.2 Å². The number of nitrogens with zero attached hydrogens (tertiary/aromatic N) is 1. The maximum atomic E-state index is 12.9. The van der Waals surface area contributed by atoms with Crippen molar-refractivity contribution in [3.8, 4) is 0 Å². The Morgan fingerprint density at radius 2 is 1.91 bits per heavy atom. The highest BCUT2D eigenvalue weighted by atomic mass is 16.2. The Kier molecular flexibility index (Phi) is 4.42. The van der Waals surface area contributed by atoms with Crippen LogP contribution >= 0.6 is 0 Å². The summed E-state index contributed by atoms with van der Waals surface area (Å²) in [5, 5.41) is 3.19. The van der Waals surface area contributed by atoms with Gasteiger partial charge in [-0.15, -0.1) is 0 Å². The second-order valence-corrected chi connectivity index (χ2v) is 7.08. The van der Waals surface area contributed by atoms with Crippen molar-refractivity contribution in [3.63, 3.8) is 0 Å². The predicted octanol–water partition coefficient (Wildman–Crippen LogP) is 3.19. The first-order valence-corrected chi connectivity index (χ1v) is 8.70. The Morgan fingerprint density at radius 1 is 1.26 bits per heavy atom. The molecule has 0 spiro atoms. The van der Waals surface area contributed by atoms with E-state index in [1.165, 1.54) is 12.8 Å². The predicted molar refractivity (Wildman–Crippen MR) is 89.7 cm³/mol. The third kappa shape index (κ3) is 2.99. The molecule has 1 aromatic carbocycles. The number of benzene rings is 1. The summed E-state index contributed by atoms with van der Waals surface area (Å²) in [4.78, 5) is 27.2. The van der Waals surface area contributed by atoms with Gasteiger partial charge >= 0.3 is 0 Å². The van der Waals surface area contributed by atoms with Gasteiger partial charge in [-0.1, -0.05) is 43.2 Å². The van der Waals surface area contributed by atoms with Crippen LogP contribution in [0.1, 0.15) is 64.0 Å². The fraction of sp³-hybridized carbons (Fsp3) is 0.579. The lowest BCUT2D eigenvalue weighted by Gasteiger charge is -2.39. The van der Waals surface area contributed by atoms with E-state index >= 15 is 0 Å². The molecule has 4 nitrogen and oxygen atoms in total. The second kappa shape index (κ2) is 6.34. The summed E-state index contributed by atoms with van der Waals surface area (Å²) in [5.41, 5.74) is 0.331. The molecule has 1 aliphatic carbocycles. The third-order valence-electron chi connectivity index (χ3n) is 5.47. The highest BCUT2D eigenvalue weighted by Crippen LogP contribution is 2.38. The number of amides is 2. The Hall–Kier alpha value is -1.84. The summed E-state index contributed by atoms with van der Waals surface area (Å²) in [6.45, 7) is 3.93. The Bertz CT molecular complexity index is 580. The summed E-state index contributed by atoms with van der Waals surface area (Å²) >= 11 is 0. The molecular weight excluding hydrogens is 288 g/mol. The molecule has 2 aliphatic rings. The van der Waals surface area contributed by atoms with Crippen molar-refractivity contribution in [1.82, 2.24) is 10.2 Å². The summed E-state index contributed by atoms with van der Waals surface area (Å²) in [5.74, 6) is 0.0865. The first kappa shape index (κ1) is 16.0. The van der Waals surface area contributed by atoms with Crippen molar-refractivity contribution >= 4 is 11.8 Å². The summed E-state index contributed by atoms with van der Waals surface area (Å²) in [6, 6.07) is 10.1. The molecule has 1 saturated carbocycles. The summed E-state index contributed by atoms with van der Waals surface area (Å²) < 4.78 is 0. The van der Waals surface area contributed by atoms with Crippen molar-refractivity contribution in [2.75, 3.05) is 0 Å². The summed E-state index contributed by atoms with van der Waals surface area (Å²) in [6.07, 6.45) is 5.54. The number of carbonyl (C=O) groups excluding carboxylic acids is 2. The van der Waals surface area contributed by atoms with Gasteiger partial charge in [-0.05, 0) is 38.7 Å². The van der Waals surface area contributed by atoms with E-state index in [-0.39, 0.29) is 23.9 Å². The number of carbonyl (C=O) groups is 2. The molecule has 0 radical (unpaired) electrons. The highest BCUT2D eigenvalue weighted by molar-refractivity contribution is 5.94. The molecule has 23 heavy (non-hydrogen) atoms. The van der Waals surface area contributed by atoms with E-state index in [2.05, 4.69) is 5.32 Å². The maximum Gasteiger partial charge on any atom is 0.245 e. The van der Waals surface area contributed by atoms with Crippen molar-refractivity contribution in [2.24, 2.45) is 0 Å². The molecular formula is C19H26N2O2. The fourth-order valence-electron chi connectivity index (χ4n) is 4.02. The second-order valence-electron chi connectivity index (χ2n) is 7.08. The van der Waals surface area contributed by atoms with Gasteiger partial charge in [0, 0.05) is 12.5 Å². The van der Waals surface area contributed by atoms with Crippen molar-refractivity contribution < 1.29 is 9.59 Å². The smallest absolute Gasteiger partial charge is 0.245 e. The number of rotatable bonds is 4. The van der Waals surface area contributed by atoms with E-state index in [1.54, 1.807) is 4.90 Å². The lowest BCUT2D eigenvalue weighted by atomic mass is 9.94. The zero-order valence-electron chi connectivity index (χ0n) is 14.0. The molecule has 0 bridgehead atoms. The lowest BCUT2D eigenvalue weighted by Crippen LogP contribution is -2.56. The number of likely N-dealkylation sites (tertiary alicyclic amines) is 1. The normalized spacial score (nSPS) is 26.5. The monoisotopic (exact) mass is 314 g/mol. The Balaban J connectivity index is 1.81. The van der Waals surface area contributed by atoms with Crippen LogP contribution in [-0.2, 0) is 9.59 Å². The van der Waals surface area contributed by atoms with E-state index in [0.29, 0.717) is 12.8 Å². The molecule has 2 atom stereocenters. The minimum atomic E-state index is -0.741. The van der Waals surface area contributed by atoms with Crippen molar-refractivity contribution in [3.05, 3.63) is 35.9 Å². The van der Waals surface area contributed by atoms with Crippen molar-refractivity contribution in [1.29, 1.82) is 0 Å². The van der Waals surface area contributed by atoms with Gasteiger partial charge in [0.1, 0.15) is 5.54 Å². The van der Waals surface area contributed by atoms with Gasteiger partial charge in [0.2, 0.25) is 11.8 Å². The molecule has 1 heterocycles. The van der Waals surface area contributed by atoms with Gasteiger partial charge in [-0.2, -0.15) is 0 Å². The quantitative estimate of drug-likeness (QED) is 0.928. The van der Waals surface area contributed by atoms with Crippen LogP contribution in [-0.4, -0.2) is 28.3 Å². The molecule has 124 valence electrons. The topological polar surface area (TPSA) is 49.4 Å². The van der Waals surface area contributed by atoms with E-state index in [9.17, 15) is 9.59 Å². The third-order valence-corrected chi connectivity index (χ3v) is 5.47. The standard InChI is InChI=1S/C19H26N2O2/c1-14(15-8-4-3-5-9-15)21-17(22)12-13-19(21,2)18(23)20-16-10-6-7-11-16/h3-5,8-9,14,16H,6-7,10-13H2,1-2H3,(H,20,23). The minimum absolute atomic E-state index is 0.0121. The Labute approximate surface area is 138 Å². The van der Waals surface area contributed by atoms with Gasteiger partial charge in [0.05, 0.1) is 6.04 Å². The fourth-order valence-corrected chi connectivity index (χ4v) is 4.02. The van der Waals surface area contributed by atoms with Gasteiger partial charge < -0.3 is 10.2 Å². The minimum Gasteiger partial charge on any atom is -0.351 e.